The summed E-state index contributed by atoms with van der Waals surface area (Å²) in [6, 6.07) is 11.1. The summed E-state index contributed by atoms with van der Waals surface area (Å²) in [6.45, 7) is 1.87. The molecule has 1 amide bonds. The van der Waals surface area contributed by atoms with Gasteiger partial charge in [-0.15, -0.1) is 0 Å². The fourth-order valence-electron chi connectivity index (χ4n) is 3.35. The van der Waals surface area contributed by atoms with Crippen molar-refractivity contribution in [1.29, 1.82) is 0 Å². The van der Waals surface area contributed by atoms with E-state index in [2.05, 4.69) is 10.3 Å². The highest BCUT2D eigenvalue weighted by Gasteiger charge is 2.26. The van der Waals surface area contributed by atoms with E-state index in [1.165, 1.54) is 18.2 Å². The number of carbonyl (C=O) groups excluding carboxylic acids is 1. The van der Waals surface area contributed by atoms with Gasteiger partial charge in [0.05, 0.1) is 35.6 Å². The second-order valence-electron chi connectivity index (χ2n) is 7.93. The molecule has 0 aliphatic carbocycles. The molecule has 1 aliphatic rings. The molecule has 1 aliphatic heterocycles. The number of nitro benzene ring substituents is 2. The molecule has 0 atom stereocenters. The van der Waals surface area contributed by atoms with E-state index in [0.717, 1.165) is 42.1 Å². The fraction of sp³-hybridized carbons (Fsp3) is 0.0833. The highest BCUT2D eigenvalue weighted by Crippen LogP contribution is 2.38. The molecule has 41 heavy (non-hydrogen) atoms. The zero-order valence-electron chi connectivity index (χ0n) is 20.6. The Morgan fingerprint density at radius 2 is 1.73 bits per heavy atom. The first-order valence-corrected chi connectivity index (χ1v) is 14.9. The van der Waals surface area contributed by atoms with Gasteiger partial charge in [0.25, 0.3) is 17.3 Å². The summed E-state index contributed by atoms with van der Waals surface area (Å²) in [4.78, 5) is 37.4. The number of amides is 1. The smallest absolute Gasteiger partial charge is 0.339 e. The summed E-state index contributed by atoms with van der Waals surface area (Å²) in [6.07, 6.45) is 1.54. The number of carbonyl (C=O) groups is 1. The third-order valence-corrected chi connectivity index (χ3v) is 8.42. The third kappa shape index (κ3) is 7.13. The van der Waals surface area contributed by atoms with Crippen LogP contribution in [0.25, 0.3) is 6.08 Å². The van der Waals surface area contributed by atoms with Gasteiger partial charge in [-0.05, 0) is 83.2 Å². The van der Waals surface area contributed by atoms with Gasteiger partial charge in [-0.3, -0.25) is 25.0 Å². The molecule has 212 valence electrons. The van der Waals surface area contributed by atoms with Gasteiger partial charge in [-0.25, -0.2) is 4.99 Å². The van der Waals surface area contributed by atoms with Gasteiger partial charge < -0.3 is 14.2 Å². The number of hydrogen-bond acceptors (Lipinski definition) is 11. The first-order valence-electron chi connectivity index (χ1n) is 11.3. The Morgan fingerprint density at radius 3 is 2.34 bits per heavy atom. The molecule has 3 aromatic rings. The van der Waals surface area contributed by atoms with Crippen LogP contribution in [0.1, 0.15) is 12.5 Å². The van der Waals surface area contributed by atoms with Crippen LogP contribution in [0.4, 0.5) is 17.1 Å². The van der Waals surface area contributed by atoms with Crippen molar-refractivity contribution in [2.75, 3.05) is 6.61 Å². The lowest BCUT2D eigenvalue weighted by Crippen LogP contribution is -2.19. The van der Waals surface area contributed by atoms with Crippen LogP contribution in [0, 0.1) is 23.8 Å². The molecule has 1 saturated heterocycles. The highest BCUT2D eigenvalue weighted by atomic mass is 127. The van der Waals surface area contributed by atoms with E-state index < -0.39 is 25.9 Å². The van der Waals surface area contributed by atoms with Crippen LogP contribution in [-0.2, 0) is 14.9 Å². The molecule has 0 aromatic heterocycles. The minimum Gasteiger partial charge on any atom is -0.490 e. The number of amidine groups is 1. The van der Waals surface area contributed by atoms with E-state index in [0.29, 0.717) is 9.13 Å². The summed E-state index contributed by atoms with van der Waals surface area (Å²) in [5.41, 5.74) is 0.245. The Balaban J connectivity index is 1.61. The Bertz CT molecular complexity index is 1750. The van der Waals surface area contributed by atoms with Gasteiger partial charge in [-0.2, -0.15) is 8.42 Å². The number of nitro groups is 2. The number of rotatable bonds is 9. The average molecular weight is 731 g/mol. The minimum absolute atomic E-state index is 0.0363. The quantitative estimate of drug-likeness (QED) is 0.0927. The van der Waals surface area contributed by atoms with Crippen LogP contribution >= 0.6 is 46.0 Å². The van der Waals surface area contributed by atoms with Crippen LogP contribution in [-0.4, -0.2) is 35.9 Å². The van der Waals surface area contributed by atoms with Crippen LogP contribution in [0.3, 0.4) is 0 Å². The maximum atomic E-state index is 12.9. The van der Waals surface area contributed by atoms with Crippen LogP contribution < -0.4 is 14.2 Å². The standard InChI is InChI=1S/C24H16ClIN4O9S2/c1-2-38-20-10-13(9-18(26)22(20)39-41(36,37)16-6-3-14(4-7-16)29(32)33)11-21-23(31)28-24(40-21)27-19-8-5-15(30(34)35)12-17(19)25/h3-12H,2H2,1H3,(H,27,28,31)/b21-11+. The molecule has 1 fully saturated rings. The molecule has 1 heterocycles. The summed E-state index contributed by atoms with van der Waals surface area (Å²) in [5.74, 6) is -0.459. The van der Waals surface area contributed by atoms with E-state index >= 15 is 0 Å². The molecule has 4 rings (SSSR count). The topological polar surface area (TPSA) is 180 Å². The SMILES string of the molecule is CCOc1cc(/C=C2/SC(=Nc3ccc([N+](=O)[O-])cc3Cl)NC2=O)cc(I)c1OS(=O)(=O)c1ccc([N+](=O)[O-])cc1. The molecule has 17 heteroatoms. The number of aliphatic imine (C=N–C) groups is 1. The van der Waals surface area contributed by atoms with Crippen molar-refractivity contribution in [2.24, 2.45) is 4.99 Å². The zero-order valence-corrected chi connectivity index (χ0v) is 25.1. The molecule has 3 aromatic carbocycles. The van der Waals surface area contributed by atoms with Gasteiger partial charge in [0.1, 0.15) is 4.90 Å². The van der Waals surface area contributed by atoms with Crippen LogP contribution in [0.15, 0.2) is 69.4 Å². The lowest BCUT2D eigenvalue weighted by molar-refractivity contribution is -0.385. The zero-order chi connectivity index (χ0) is 29.9. The fourth-order valence-corrected chi connectivity index (χ4v) is 6.24. The average Bonchev–Trinajstić information content (AvgIpc) is 3.25. The predicted octanol–water partition coefficient (Wildman–Crippen LogP) is 5.82. The van der Waals surface area contributed by atoms with Crippen molar-refractivity contribution in [1.82, 2.24) is 5.32 Å². The number of hydrogen-bond donors (Lipinski definition) is 1. The second-order valence-corrected chi connectivity index (χ2v) is 12.1. The van der Waals surface area contributed by atoms with E-state index in [1.54, 1.807) is 19.1 Å². The van der Waals surface area contributed by atoms with Crippen molar-refractivity contribution >= 4 is 90.3 Å². The maximum absolute atomic E-state index is 12.9. The molecule has 13 nitrogen and oxygen atoms in total. The first kappa shape index (κ1) is 30.2. The van der Waals surface area contributed by atoms with Crippen molar-refractivity contribution in [2.45, 2.75) is 11.8 Å². The monoisotopic (exact) mass is 730 g/mol. The lowest BCUT2D eigenvalue weighted by Gasteiger charge is -2.14. The first-order chi connectivity index (χ1) is 19.4. The van der Waals surface area contributed by atoms with E-state index in [4.69, 9.17) is 20.5 Å². The van der Waals surface area contributed by atoms with E-state index in [1.807, 2.05) is 22.6 Å². The molecule has 0 saturated carbocycles. The number of thioether (sulfide) groups is 1. The Morgan fingerprint density at radius 1 is 1.07 bits per heavy atom. The van der Waals surface area contributed by atoms with E-state index in [9.17, 15) is 33.4 Å². The van der Waals surface area contributed by atoms with Gasteiger partial charge >= 0.3 is 10.1 Å². The van der Waals surface area contributed by atoms with Gasteiger partial charge in [0.2, 0.25) is 0 Å². The van der Waals surface area contributed by atoms with Crippen molar-refractivity contribution < 1.29 is 32.0 Å². The molecular weight excluding hydrogens is 715 g/mol. The number of benzene rings is 3. The highest BCUT2D eigenvalue weighted by molar-refractivity contribution is 14.1. The molecule has 0 unspecified atom stereocenters. The summed E-state index contributed by atoms with van der Waals surface area (Å²) in [5, 5.41) is 24.6. The molecule has 1 N–H and O–H groups in total. The summed E-state index contributed by atoms with van der Waals surface area (Å²) >= 11 is 8.97. The van der Waals surface area contributed by atoms with Crippen molar-refractivity contribution in [3.8, 4) is 11.5 Å². The van der Waals surface area contributed by atoms with Gasteiger partial charge in [0.15, 0.2) is 16.7 Å². The van der Waals surface area contributed by atoms with E-state index in [-0.39, 0.29) is 55.2 Å². The number of ether oxygens (including phenoxy) is 1. The van der Waals surface area contributed by atoms with Crippen molar-refractivity contribution in [3.63, 3.8) is 0 Å². The number of non-ortho nitro benzene ring substituents is 2. The largest absolute Gasteiger partial charge is 0.490 e. The molecular formula is C24H16ClIN4O9S2. The Labute approximate surface area is 255 Å². The lowest BCUT2D eigenvalue weighted by atomic mass is 10.2. The van der Waals surface area contributed by atoms with Gasteiger partial charge in [-0.1, -0.05) is 11.6 Å². The maximum Gasteiger partial charge on any atom is 0.339 e. The number of halogens is 2. The Hall–Kier alpha value is -3.74. The van der Waals surface area contributed by atoms with Crippen LogP contribution in [0.2, 0.25) is 5.02 Å². The van der Waals surface area contributed by atoms with Crippen LogP contribution in [0.5, 0.6) is 11.5 Å². The third-order valence-electron chi connectivity index (χ3n) is 5.17. The molecule has 0 spiro atoms. The summed E-state index contributed by atoms with van der Waals surface area (Å²) in [7, 11) is -4.37. The van der Waals surface area contributed by atoms with Gasteiger partial charge in [0, 0.05) is 24.3 Å². The molecule has 0 bridgehead atoms. The Kier molecular flexibility index (Phi) is 9.15. The predicted molar refractivity (Wildman–Crippen MR) is 160 cm³/mol. The molecule has 0 radical (unpaired) electrons. The second kappa shape index (κ2) is 12.4. The van der Waals surface area contributed by atoms with Crippen molar-refractivity contribution in [3.05, 3.63) is 93.9 Å². The number of nitrogens with one attached hydrogen (secondary N) is 1. The normalized spacial score (nSPS) is 15.1. The summed E-state index contributed by atoms with van der Waals surface area (Å²) < 4.78 is 37.1. The number of nitrogens with zero attached hydrogens (tertiary/aromatic N) is 3. The minimum atomic E-state index is -4.37.